The quantitative estimate of drug-likeness (QED) is 0.768. The van der Waals surface area contributed by atoms with Crippen LogP contribution in [0.25, 0.3) is 6.08 Å². The van der Waals surface area contributed by atoms with Crippen molar-refractivity contribution in [2.45, 2.75) is 13.8 Å². The molecule has 0 unspecified atom stereocenters. The Hall–Kier alpha value is -2.53. The molecule has 0 atom stereocenters. The van der Waals surface area contributed by atoms with Crippen molar-refractivity contribution in [2.24, 2.45) is 0 Å². The van der Waals surface area contributed by atoms with Gasteiger partial charge in [0.2, 0.25) is 0 Å². The Labute approximate surface area is 138 Å². The minimum Gasteiger partial charge on any atom is -0.465 e. The Morgan fingerprint density at radius 2 is 1.96 bits per heavy atom. The van der Waals surface area contributed by atoms with Crippen LogP contribution in [0.3, 0.4) is 0 Å². The van der Waals surface area contributed by atoms with Gasteiger partial charge in [-0.2, -0.15) is 0 Å². The van der Waals surface area contributed by atoms with Gasteiger partial charge in [0.15, 0.2) is 0 Å². The van der Waals surface area contributed by atoms with Gasteiger partial charge < -0.3 is 4.42 Å². The van der Waals surface area contributed by atoms with Gasteiger partial charge in [-0.1, -0.05) is 18.2 Å². The molecule has 0 N–H and O–H groups in total. The number of hydrogen-bond acceptors (Lipinski definition) is 4. The first kappa shape index (κ1) is 15.4. The average Bonchev–Trinajstić information content (AvgIpc) is 3.12. The minimum atomic E-state index is -0.294. The van der Waals surface area contributed by atoms with Crippen molar-refractivity contribution in [1.82, 2.24) is 0 Å². The predicted octanol–water partition coefficient (Wildman–Crippen LogP) is 4.69. The molecular formula is C18H15NO3S. The van der Waals surface area contributed by atoms with Gasteiger partial charge in [0.25, 0.3) is 11.1 Å². The summed E-state index contributed by atoms with van der Waals surface area (Å²) in [4.78, 5) is 26.4. The lowest BCUT2D eigenvalue weighted by molar-refractivity contribution is -0.113. The van der Waals surface area contributed by atoms with Crippen LogP contribution in [0.4, 0.5) is 10.5 Å². The molecule has 0 radical (unpaired) electrons. The second kappa shape index (κ2) is 6.30. The van der Waals surface area contributed by atoms with E-state index in [2.05, 4.69) is 0 Å². The minimum absolute atomic E-state index is 0.277. The molecule has 3 rings (SSSR count). The van der Waals surface area contributed by atoms with Gasteiger partial charge in [-0.15, -0.1) is 0 Å². The van der Waals surface area contributed by atoms with Crippen LogP contribution in [0.1, 0.15) is 16.9 Å². The molecule has 1 aromatic heterocycles. The van der Waals surface area contributed by atoms with Crippen molar-refractivity contribution in [1.29, 1.82) is 0 Å². The fraction of sp³-hybridized carbons (Fsp3) is 0.111. The van der Waals surface area contributed by atoms with Crippen molar-refractivity contribution < 1.29 is 14.0 Å². The summed E-state index contributed by atoms with van der Waals surface area (Å²) in [7, 11) is 0. The maximum atomic E-state index is 12.5. The van der Waals surface area contributed by atoms with E-state index in [9.17, 15) is 9.59 Å². The van der Waals surface area contributed by atoms with Crippen LogP contribution in [0.15, 0.2) is 58.1 Å². The van der Waals surface area contributed by atoms with E-state index >= 15 is 0 Å². The number of nitrogens with zero attached hydrogens (tertiary/aromatic N) is 1. The van der Waals surface area contributed by atoms with E-state index < -0.39 is 0 Å². The molecule has 2 heterocycles. The summed E-state index contributed by atoms with van der Waals surface area (Å²) >= 11 is 0.945. The SMILES string of the molecule is Cc1cccc(N2C(=O)S/C(=C/C=C/c3ccco3)C2=O)c1C. The Balaban J connectivity index is 1.87. The summed E-state index contributed by atoms with van der Waals surface area (Å²) in [5, 5.41) is -0.277. The molecule has 116 valence electrons. The Kier molecular flexibility index (Phi) is 4.21. The molecule has 1 aromatic carbocycles. The maximum absolute atomic E-state index is 12.5. The second-order valence-electron chi connectivity index (χ2n) is 5.13. The van der Waals surface area contributed by atoms with Gasteiger partial charge in [0.05, 0.1) is 16.9 Å². The van der Waals surface area contributed by atoms with Crippen LogP contribution in [-0.2, 0) is 4.79 Å². The molecule has 1 saturated heterocycles. The summed E-state index contributed by atoms with van der Waals surface area (Å²) in [5.41, 5.74) is 2.62. The van der Waals surface area contributed by atoms with Crippen LogP contribution in [0.5, 0.6) is 0 Å². The van der Waals surface area contributed by atoms with Crippen LogP contribution in [0.2, 0.25) is 0 Å². The first-order chi connectivity index (χ1) is 11.1. The summed E-state index contributed by atoms with van der Waals surface area (Å²) in [6.45, 7) is 3.87. The number of furan rings is 1. The number of amides is 2. The number of anilines is 1. The molecule has 0 bridgehead atoms. The number of hydrogen-bond donors (Lipinski definition) is 0. The first-order valence-electron chi connectivity index (χ1n) is 7.12. The topological polar surface area (TPSA) is 50.5 Å². The van der Waals surface area contributed by atoms with Crippen LogP contribution < -0.4 is 4.90 Å². The van der Waals surface area contributed by atoms with Gasteiger partial charge >= 0.3 is 0 Å². The predicted molar refractivity (Wildman–Crippen MR) is 92.2 cm³/mol. The van der Waals surface area contributed by atoms with E-state index in [1.54, 1.807) is 36.6 Å². The molecule has 2 aromatic rings. The lowest BCUT2D eigenvalue weighted by Crippen LogP contribution is -2.28. The molecular weight excluding hydrogens is 310 g/mol. The van der Waals surface area contributed by atoms with Gasteiger partial charge in [-0.05, 0) is 67.1 Å². The Bertz CT molecular complexity index is 819. The van der Waals surface area contributed by atoms with Crippen LogP contribution in [-0.4, -0.2) is 11.1 Å². The summed E-state index contributed by atoms with van der Waals surface area (Å²) in [6.07, 6.45) is 6.66. The highest BCUT2D eigenvalue weighted by atomic mass is 32.2. The highest BCUT2D eigenvalue weighted by Crippen LogP contribution is 2.36. The van der Waals surface area contributed by atoms with E-state index in [0.29, 0.717) is 16.4 Å². The van der Waals surface area contributed by atoms with Crippen molar-refractivity contribution in [2.75, 3.05) is 4.90 Å². The largest absolute Gasteiger partial charge is 0.465 e. The third-order valence-electron chi connectivity index (χ3n) is 3.66. The molecule has 0 saturated carbocycles. The second-order valence-corrected chi connectivity index (χ2v) is 6.13. The van der Waals surface area contributed by atoms with Crippen molar-refractivity contribution >= 4 is 34.7 Å². The standard InChI is InChI=1S/C18H15NO3S/c1-12-6-3-9-15(13(12)2)19-17(20)16(23-18(19)21)10-4-7-14-8-5-11-22-14/h3-11H,1-2H3/b7-4+,16-10+. The summed E-state index contributed by atoms with van der Waals surface area (Å²) < 4.78 is 5.18. The van der Waals surface area contributed by atoms with Gasteiger partial charge in [0.1, 0.15) is 5.76 Å². The normalized spacial score (nSPS) is 17.0. The number of carbonyl (C=O) groups is 2. The van der Waals surface area contributed by atoms with Crippen molar-refractivity contribution in [3.8, 4) is 0 Å². The number of thioether (sulfide) groups is 1. The monoisotopic (exact) mass is 325 g/mol. The number of aryl methyl sites for hydroxylation is 1. The molecule has 5 heteroatoms. The molecule has 23 heavy (non-hydrogen) atoms. The van der Waals surface area contributed by atoms with Crippen molar-refractivity contribution in [3.05, 3.63) is 70.5 Å². The molecule has 1 aliphatic heterocycles. The van der Waals surface area contributed by atoms with Gasteiger partial charge in [0, 0.05) is 0 Å². The van der Waals surface area contributed by atoms with E-state index in [-0.39, 0.29) is 11.1 Å². The number of carbonyl (C=O) groups excluding carboxylic acids is 2. The molecule has 2 amide bonds. The molecule has 1 fully saturated rings. The third-order valence-corrected chi connectivity index (χ3v) is 4.55. The molecule has 0 aliphatic carbocycles. The lowest BCUT2D eigenvalue weighted by atomic mass is 10.1. The fourth-order valence-electron chi connectivity index (χ4n) is 2.28. The number of allylic oxidation sites excluding steroid dienone is 2. The Morgan fingerprint density at radius 1 is 1.13 bits per heavy atom. The smallest absolute Gasteiger partial charge is 0.298 e. The van der Waals surface area contributed by atoms with E-state index in [4.69, 9.17) is 4.42 Å². The van der Waals surface area contributed by atoms with Crippen LogP contribution in [0, 0.1) is 13.8 Å². The third kappa shape index (κ3) is 3.00. The molecule has 1 aliphatic rings. The zero-order valence-electron chi connectivity index (χ0n) is 12.8. The average molecular weight is 325 g/mol. The number of benzene rings is 1. The van der Waals surface area contributed by atoms with E-state index in [1.807, 2.05) is 32.0 Å². The van der Waals surface area contributed by atoms with Gasteiger partial charge in [-0.3, -0.25) is 9.59 Å². The first-order valence-corrected chi connectivity index (χ1v) is 7.94. The van der Waals surface area contributed by atoms with E-state index in [0.717, 1.165) is 22.9 Å². The maximum Gasteiger partial charge on any atom is 0.298 e. The fourth-order valence-corrected chi connectivity index (χ4v) is 3.07. The number of rotatable bonds is 3. The summed E-state index contributed by atoms with van der Waals surface area (Å²) in [5.74, 6) is 0.396. The molecule has 4 nitrogen and oxygen atoms in total. The Morgan fingerprint density at radius 3 is 2.70 bits per heavy atom. The van der Waals surface area contributed by atoms with Crippen LogP contribution >= 0.6 is 11.8 Å². The highest BCUT2D eigenvalue weighted by Gasteiger charge is 2.36. The van der Waals surface area contributed by atoms with Gasteiger partial charge in [-0.25, -0.2) is 4.90 Å². The van der Waals surface area contributed by atoms with Crippen molar-refractivity contribution in [3.63, 3.8) is 0 Å². The number of imide groups is 1. The lowest BCUT2D eigenvalue weighted by Gasteiger charge is -2.16. The summed E-state index contributed by atoms with van der Waals surface area (Å²) in [6, 6.07) is 9.20. The van der Waals surface area contributed by atoms with E-state index in [1.165, 1.54) is 4.90 Å². The zero-order chi connectivity index (χ0) is 16.4. The molecule has 0 spiro atoms. The highest BCUT2D eigenvalue weighted by molar-refractivity contribution is 8.18. The zero-order valence-corrected chi connectivity index (χ0v) is 13.6.